The van der Waals surface area contributed by atoms with Crippen molar-refractivity contribution in [3.05, 3.63) is 24.1 Å². The fourth-order valence-electron chi connectivity index (χ4n) is 1.33. The molecular formula is C9H11FN2S. The van der Waals surface area contributed by atoms with Crippen molar-refractivity contribution in [2.45, 2.75) is 12.5 Å². The Morgan fingerprint density at radius 3 is 3.23 bits per heavy atom. The Morgan fingerprint density at radius 2 is 2.54 bits per heavy atom. The Labute approximate surface area is 80.9 Å². The number of nitrogens with zero attached hydrogens (tertiary/aromatic N) is 1. The van der Waals surface area contributed by atoms with E-state index in [0.29, 0.717) is 11.9 Å². The van der Waals surface area contributed by atoms with Crippen LogP contribution in [-0.2, 0) is 0 Å². The van der Waals surface area contributed by atoms with Crippen molar-refractivity contribution in [2.24, 2.45) is 0 Å². The van der Waals surface area contributed by atoms with Gasteiger partial charge in [0.25, 0.3) is 0 Å². The summed E-state index contributed by atoms with van der Waals surface area (Å²) < 4.78 is 13.1. The normalized spacial score (nSPS) is 21.8. The summed E-state index contributed by atoms with van der Waals surface area (Å²) in [6.07, 6.45) is 2.70. The summed E-state index contributed by atoms with van der Waals surface area (Å²) in [6.45, 7) is 0. The molecule has 1 fully saturated rings. The van der Waals surface area contributed by atoms with E-state index in [1.54, 1.807) is 12.3 Å². The zero-order valence-electron chi connectivity index (χ0n) is 7.16. The first-order valence-electron chi connectivity index (χ1n) is 4.31. The minimum absolute atomic E-state index is 0.264. The van der Waals surface area contributed by atoms with Gasteiger partial charge in [-0.25, -0.2) is 9.37 Å². The molecule has 1 atom stereocenters. The van der Waals surface area contributed by atoms with Gasteiger partial charge in [-0.3, -0.25) is 0 Å². The van der Waals surface area contributed by atoms with Gasteiger partial charge in [0.1, 0.15) is 0 Å². The van der Waals surface area contributed by atoms with E-state index in [0.717, 1.165) is 17.9 Å². The smallest absolute Gasteiger partial charge is 0.165 e. The molecule has 1 aromatic heterocycles. The molecule has 0 spiro atoms. The predicted molar refractivity (Wildman–Crippen MR) is 53.5 cm³/mol. The molecule has 0 bridgehead atoms. The molecule has 1 aromatic rings. The van der Waals surface area contributed by atoms with Crippen molar-refractivity contribution in [3.63, 3.8) is 0 Å². The monoisotopic (exact) mass is 198 g/mol. The molecule has 2 rings (SSSR count). The molecule has 0 aromatic carbocycles. The highest BCUT2D eigenvalue weighted by Gasteiger charge is 2.16. The molecule has 70 valence electrons. The van der Waals surface area contributed by atoms with Crippen LogP contribution in [0.5, 0.6) is 0 Å². The minimum Gasteiger partial charge on any atom is -0.364 e. The zero-order chi connectivity index (χ0) is 9.10. The number of hydrogen-bond donors (Lipinski definition) is 1. The van der Waals surface area contributed by atoms with Crippen molar-refractivity contribution < 1.29 is 4.39 Å². The number of halogens is 1. The number of thioether (sulfide) groups is 1. The largest absolute Gasteiger partial charge is 0.364 e. The summed E-state index contributed by atoms with van der Waals surface area (Å²) in [5.41, 5.74) is 0. The number of aromatic nitrogens is 1. The lowest BCUT2D eigenvalue weighted by Crippen LogP contribution is -2.19. The molecule has 1 aliphatic rings. The first-order chi connectivity index (χ1) is 6.36. The minimum atomic E-state index is -0.264. The number of nitrogens with one attached hydrogen (secondary N) is 1. The molecule has 0 saturated carbocycles. The van der Waals surface area contributed by atoms with Gasteiger partial charge in [0.15, 0.2) is 11.6 Å². The van der Waals surface area contributed by atoms with Crippen LogP contribution >= 0.6 is 11.8 Å². The maximum atomic E-state index is 13.1. The second-order valence-electron chi connectivity index (χ2n) is 3.04. The van der Waals surface area contributed by atoms with Crippen molar-refractivity contribution >= 4 is 17.6 Å². The number of pyridine rings is 1. The van der Waals surface area contributed by atoms with Gasteiger partial charge in [-0.05, 0) is 24.3 Å². The molecule has 0 amide bonds. The van der Waals surface area contributed by atoms with Crippen LogP contribution in [0, 0.1) is 5.82 Å². The SMILES string of the molecule is Fc1cccnc1N[C@H]1CCSC1. The quantitative estimate of drug-likeness (QED) is 0.788. The maximum absolute atomic E-state index is 13.1. The van der Waals surface area contributed by atoms with E-state index in [1.807, 2.05) is 11.8 Å². The highest BCUT2D eigenvalue weighted by atomic mass is 32.2. The van der Waals surface area contributed by atoms with Crippen LogP contribution in [0.1, 0.15) is 6.42 Å². The van der Waals surface area contributed by atoms with Gasteiger partial charge in [0.2, 0.25) is 0 Å². The number of rotatable bonds is 2. The maximum Gasteiger partial charge on any atom is 0.165 e. The summed E-state index contributed by atoms with van der Waals surface area (Å²) in [5.74, 6) is 2.33. The van der Waals surface area contributed by atoms with Crippen LogP contribution < -0.4 is 5.32 Å². The average Bonchev–Trinajstić information content (AvgIpc) is 2.61. The number of hydrogen-bond acceptors (Lipinski definition) is 3. The Balaban J connectivity index is 2.04. The standard InChI is InChI=1S/C9H11FN2S/c10-8-2-1-4-11-9(8)12-7-3-5-13-6-7/h1-2,4,7H,3,5-6H2,(H,11,12)/t7-/m0/s1. The third kappa shape index (κ3) is 2.12. The van der Waals surface area contributed by atoms with Crippen molar-refractivity contribution in [1.29, 1.82) is 0 Å². The van der Waals surface area contributed by atoms with Gasteiger partial charge >= 0.3 is 0 Å². The van der Waals surface area contributed by atoms with Gasteiger partial charge in [-0.15, -0.1) is 0 Å². The summed E-state index contributed by atoms with van der Waals surface area (Å²) in [5, 5.41) is 3.10. The van der Waals surface area contributed by atoms with Crippen molar-refractivity contribution in [3.8, 4) is 0 Å². The number of anilines is 1. The van der Waals surface area contributed by atoms with Crippen LogP contribution in [0.2, 0.25) is 0 Å². The first kappa shape index (κ1) is 8.81. The molecule has 0 aliphatic carbocycles. The van der Waals surface area contributed by atoms with Gasteiger partial charge in [0, 0.05) is 18.0 Å². The third-order valence-corrected chi connectivity index (χ3v) is 3.19. The zero-order valence-corrected chi connectivity index (χ0v) is 7.98. The van der Waals surface area contributed by atoms with E-state index in [4.69, 9.17) is 0 Å². The fraction of sp³-hybridized carbons (Fsp3) is 0.444. The summed E-state index contributed by atoms with van der Waals surface area (Å²) in [4.78, 5) is 3.95. The fourth-order valence-corrected chi connectivity index (χ4v) is 2.49. The molecular weight excluding hydrogens is 187 g/mol. The van der Waals surface area contributed by atoms with Gasteiger partial charge in [0.05, 0.1) is 0 Å². The molecule has 1 N–H and O–H groups in total. The van der Waals surface area contributed by atoms with Crippen LogP contribution in [-0.4, -0.2) is 22.5 Å². The second kappa shape index (κ2) is 3.96. The molecule has 2 nitrogen and oxygen atoms in total. The lowest BCUT2D eigenvalue weighted by atomic mass is 10.2. The van der Waals surface area contributed by atoms with Gasteiger partial charge in [-0.2, -0.15) is 11.8 Å². The summed E-state index contributed by atoms with van der Waals surface area (Å²) in [6, 6.07) is 3.41. The van der Waals surface area contributed by atoms with Crippen molar-refractivity contribution in [2.75, 3.05) is 16.8 Å². The van der Waals surface area contributed by atoms with E-state index in [1.165, 1.54) is 6.07 Å². The Morgan fingerprint density at radius 1 is 1.62 bits per heavy atom. The van der Waals surface area contributed by atoms with Crippen LogP contribution in [0.3, 0.4) is 0 Å². The van der Waals surface area contributed by atoms with E-state index >= 15 is 0 Å². The van der Waals surface area contributed by atoms with Crippen LogP contribution in [0.25, 0.3) is 0 Å². The lowest BCUT2D eigenvalue weighted by Gasteiger charge is -2.11. The van der Waals surface area contributed by atoms with Crippen molar-refractivity contribution in [1.82, 2.24) is 4.98 Å². The molecule has 2 heterocycles. The molecule has 1 aliphatic heterocycles. The summed E-state index contributed by atoms with van der Waals surface area (Å²) >= 11 is 1.89. The van der Waals surface area contributed by atoms with Gasteiger partial charge < -0.3 is 5.32 Å². The highest BCUT2D eigenvalue weighted by molar-refractivity contribution is 7.99. The molecule has 0 radical (unpaired) electrons. The Bertz CT molecular complexity index is 287. The second-order valence-corrected chi connectivity index (χ2v) is 4.19. The highest BCUT2D eigenvalue weighted by Crippen LogP contribution is 2.21. The Kier molecular flexibility index (Phi) is 2.68. The van der Waals surface area contributed by atoms with E-state index in [9.17, 15) is 4.39 Å². The Hall–Kier alpha value is -0.770. The van der Waals surface area contributed by atoms with Crippen LogP contribution in [0.15, 0.2) is 18.3 Å². The topological polar surface area (TPSA) is 24.9 Å². The average molecular weight is 198 g/mol. The third-order valence-electron chi connectivity index (χ3n) is 2.03. The molecule has 0 unspecified atom stereocenters. The molecule has 1 saturated heterocycles. The molecule has 13 heavy (non-hydrogen) atoms. The van der Waals surface area contributed by atoms with Crippen LogP contribution in [0.4, 0.5) is 10.2 Å². The molecule has 4 heteroatoms. The van der Waals surface area contributed by atoms with E-state index in [2.05, 4.69) is 10.3 Å². The lowest BCUT2D eigenvalue weighted by molar-refractivity contribution is 0.620. The van der Waals surface area contributed by atoms with Gasteiger partial charge in [-0.1, -0.05) is 0 Å². The first-order valence-corrected chi connectivity index (χ1v) is 5.46. The van der Waals surface area contributed by atoms with E-state index in [-0.39, 0.29) is 5.82 Å². The predicted octanol–water partition coefficient (Wildman–Crippen LogP) is 2.14. The van der Waals surface area contributed by atoms with E-state index < -0.39 is 0 Å². The summed E-state index contributed by atoms with van der Waals surface area (Å²) in [7, 11) is 0.